The van der Waals surface area contributed by atoms with Crippen LogP contribution in [0.5, 0.6) is 0 Å². The van der Waals surface area contributed by atoms with E-state index in [1.807, 2.05) is 18.6 Å². The molecule has 0 N–H and O–H groups in total. The third kappa shape index (κ3) is 2.92. The van der Waals surface area contributed by atoms with E-state index in [-0.39, 0.29) is 5.97 Å². The molecular weight excluding hydrogens is 148 g/mol. The summed E-state index contributed by atoms with van der Waals surface area (Å²) in [5.74, 6) is -0.225. The van der Waals surface area contributed by atoms with E-state index >= 15 is 0 Å². The minimum Gasteiger partial charge on any atom is -0.466 e. The summed E-state index contributed by atoms with van der Waals surface area (Å²) in [6.07, 6.45) is 2.64. The fraction of sp³-hybridized carbons (Fsp3) is 0.571. The van der Waals surface area contributed by atoms with Crippen LogP contribution in [0.1, 0.15) is 13.3 Å². The highest BCUT2D eigenvalue weighted by Crippen LogP contribution is 2.08. The highest BCUT2D eigenvalue weighted by molar-refractivity contribution is 8.01. The SMILES string of the molecule is CC/C(=C/SC)C(=O)OC. The van der Waals surface area contributed by atoms with Crippen LogP contribution in [0.15, 0.2) is 11.0 Å². The molecule has 10 heavy (non-hydrogen) atoms. The van der Waals surface area contributed by atoms with Crippen LogP contribution < -0.4 is 0 Å². The van der Waals surface area contributed by atoms with Crippen molar-refractivity contribution in [2.24, 2.45) is 0 Å². The number of ether oxygens (including phenoxy) is 1. The lowest BCUT2D eigenvalue weighted by Crippen LogP contribution is -2.02. The van der Waals surface area contributed by atoms with Gasteiger partial charge in [-0.3, -0.25) is 0 Å². The van der Waals surface area contributed by atoms with Gasteiger partial charge in [0.15, 0.2) is 0 Å². The van der Waals surface area contributed by atoms with Crippen LogP contribution in [0.25, 0.3) is 0 Å². The Kier molecular flexibility index (Phi) is 5.12. The van der Waals surface area contributed by atoms with Gasteiger partial charge in [-0.05, 0) is 18.1 Å². The molecule has 0 amide bonds. The Bertz CT molecular complexity index is 141. The van der Waals surface area contributed by atoms with E-state index in [0.717, 1.165) is 12.0 Å². The summed E-state index contributed by atoms with van der Waals surface area (Å²) in [6, 6.07) is 0. The molecule has 0 atom stereocenters. The van der Waals surface area contributed by atoms with E-state index in [0.29, 0.717) is 0 Å². The second-order valence-electron chi connectivity index (χ2n) is 1.72. The molecule has 0 fully saturated rings. The van der Waals surface area contributed by atoms with Gasteiger partial charge in [0.1, 0.15) is 0 Å². The summed E-state index contributed by atoms with van der Waals surface area (Å²) in [7, 11) is 1.40. The molecule has 0 aromatic heterocycles. The van der Waals surface area contributed by atoms with Crippen molar-refractivity contribution in [1.29, 1.82) is 0 Å². The first-order valence-corrected chi connectivity index (χ1v) is 4.35. The van der Waals surface area contributed by atoms with E-state index in [9.17, 15) is 4.79 Å². The molecule has 0 aliphatic rings. The number of esters is 1. The number of hydrogen-bond acceptors (Lipinski definition) is 3. The predicted molar refractivity (Wildman–Crippen MR) is 43.9 cm³/mol. The van der Waals surface area contributed by atoms with Gasteiger partial charge in [0, 0.05) is 5.57 Å². The molecule has 0 heterocycles. The van der Waals surface area contributed by atoms with Crippen molar-refractivity contribution in [2.45, 2.75) is 13.3 Å². The molecule has 0 aliphatic carbocycles. The molecule has 0 aromatic rings. The molecule has 0 saturated carbocycles. The summed E-state index contributed by atoms with van der Waals surface area (Å²) in [5, 5.41) is 1.81. The first-order valence-electron chi connectivity index (χ1n) is 3.06. The number of carbonyl (C=O) groups excluding carboxylic acids is 1. The van der Waals surface area contributed by atoms with E-state index in [4.69, 9.17) is 0 Å². The number of methoxy groups -OCH3 is 1. The molecule has 0 radical (unpaired) electrons. The number of rotatable bonds is 3. The minimum atomic E-state index is -0.225. The van der Waals surface area contributed by atoms with Gasteiger partial charge in [-0.15, -0.1) is 11.8 Å². The van der Waals surface area contributed by atoms with Crippen molar-refractivity contribution >= 4 is 17.7 Å². The van der Waals surface area contributed by atoms with Crippen molar-refractivity contribution in [3.63, 3.8) is 0 Å². The predicted octanol–water partition coefficient (Wildman–Crippen LogP) is 1.82. The Balaban J connectivity index is 4.06. The smallest absolute Gasteiger partial charge is 0.334 e. The van der Waals surface area contributed by atoms with Crippen LogP contribution in [0.3, 0.4) is 0 Å². The molecule has 3 heteroatoms. The molecule has 0 rings (SSSR count). The molecule has 0 aromatic carbocycles. The van der Waals surface area contributed by atoms with Crippen molar-refractivity contribution < 1.29 is 9.53 Å². The summed E-state index contributed by atoms with van der Waals surface area (Å²) in [5.41, 5.74) is 0.731. The molecule has 58 valence electrons. The quantitative estimate of drug-likeness (QED) is 0.465. The van der Waals surface area contributed by atoms with Crippen molar-refractivity contribution in [3.05, 3.63) is 11.0 Å². The Morgan fingerprint density at radius 3 is 2.60 bits per heavy atom. The Hall–Kier alpha value is -0.440. The zero-order valence-corrected chi connectivity index (χ0v) is 7.33. The average molecular weight is 160 g/mol. The maximum Gasteiger partial charge on any atom is 0.334 e. The minimum absolute atomic E-state index is 0.225. The largest absolute Gasteiger partial charge is 0.466 e. The summed E-state index contributed by atoms with van der Waals surface area (Å²) >= 11 is 1.52. The molecule has 0 saturated heterocycles. The van der Waals surface area contributed by atoms with E-state index < -0.39 is 0 Å². The van der Waals surface area contributed by atoms with Crippen LogP contribution in [-0.2, 0) is 9.53 Å². The topological polar surface area (TPSA) is 26.3 Å². The molecule has 0 aliphatic heterocycles. The van der Waals surface area contributed by atoms with Gasteiger partial charge in [-0.25, -0.2) is 4.79 Å². The zero-order chi connectivity index (χ0) is 7.98. The third-order valence-corrected chi connectivity index (χ3v) is 1.61. The monoisotopic (exact) mass is 160 g/mol. The Morgan fingerprint density at radius 1 is 1.70 bits per heavy atom. The van der Waals surface area contributed by atoms with Gasteiger partial charge in [0.05, 0.1) is 7.11 Å². The van der Waals surface area contributed by atoms with Crippen molar-refractivity contribution in [1.82, 2.24) is 0 Å². The Morgan fingerprint density at radius 2 is 2.30 bits per heavy atom. The highest BCUT2D eigenvalue weighted by atomic mass is 32.2. The van der Waals surface area contributed by atoms with Crippen LogP contribution in [0.2, 0.25) is 0 Å². The van der Waals surface area contributed by atoms with E-state index in [2.05, 4.69) is 4.74 Å². The fourth-order valence-corrected chi connectivity index (χ4v) is 1.10. The van der Waals surface area contributed by atoms with Gasteiger partial charge in [0.2, 0.25) is 0 Å². The lowest BCUT2D eigenvalue weighted by atomic mass is 10.2. The molecular formula is C7H12O2S. The van der Waals surface area contributed by atoms with Crippen LogP contribution in [0.4, 0.5) is 0 Å². The second-order valence-corrected chi connectivity index (χ2v) is 2.43. The van der Waals surface area contributed by atoms with Gasteiger partial charge >= 0.3 is 5.97 Å². The number of hydrogen-bond donors (Lipinski definition) is 0. The first-order chi connectivity index (χ1) is 4.76. The maximum absolute atomic E-state index is 10.8. The standard InChI is InChI=1S/C7H12O2S/c1-4-6(5-10-3)7(8)9-2/h5H,4H2,1-3H3/b6-5-. The average Bonchev–Trinajstić information content (AvgIpc) is 1.99. The number of thioether (sulfide) groups is 1. The van der Waals surface area contributed by atoms with Crippen molar-refractivity contribution in [2.75, 3.05) is 13.4 Å². The van der Waals surface area contributed by atoms with Crippen molar-refractivity contribution in [3.8, 4) is 0 Å². The second kappa shape index (κ2) is 5.35. The van der Waals surface area contributed by atoms with Gasteiger partial charge in [-0.2, -0.15) is 0 Å². The number of carbonyl (C=O) groups is 1. The summed E-state index contributed by atoms with van der Waals surface area (Å²) in [4.78, 5) is 10.8. The molecule has 0 bridgehead atoms. The lowest BCUT2D eigenvalue weighted by molar-refractivity contribution is -0.136. The Labute approximate surface area is 65.6 Å². The molecule has 0 spiro atoms. The van der Waals surface area contributed by atoms with Crippen LogP contribution >= 0.6 is 11.8 Å². The van der Waals surface area contributed by atoms with Crippen LogP contribution in [0, 0.1) is 0 Å². The normalized spacial score (nSPS) is 11.3. The molecule has 0 unspecified atom stereocenters. The fourth-order valence-electron chi connectivity index (χ4n) is 0.549. The lowest BCUT2D eigenvalue weighted by Gasteiger charge is -1.99. The maximum atomic E-state index is 10.8. The van der Waals surface area contributed by atoms with E-state index in [1.165, 1.54) is 18.9 Å². The van der Waals surface area contributed by atoms with E-state index in [1.54, 1.807) is 0 Å². The van der Waals surface area contributed by atoms with Gasteiger partial charge < -0.3 is 4.74 Å². The van der Waals surface area contributed by atoms with Gasteiger partial charge in [0.25, 0.3) is 0 Å². The molecule has 2 nitrogen and oxygen atoms in total. The first kappa shape index (κ1) is 9.56. The highest BCUT2D eigenvalue weighted by Gasteiger charge is 2.04. The third-order valence-electron chi connectivity index (χ3n) is 1.09. The summed E-state index contributed by atoms with van der Waals surface area (Å²) in [6.45, 7) is 1.93. The van der Waals surface area contributed by atoms with Gasteiger partial charge in [-0.1, -0.05) is 6.92 Å². The zero-order valence-electron chi connectivity index (χ0n) is 6.51. The summed E-state index contributed by atoms with van der Waals surface area (Å²) < 4.78 is 4.54. The van der Waals surface area contributed by atoms with Crippen LogP contribution in [-0.4, -0.2) is 19.3 Å².